The van der Waals surface area contributed by atoms with Crippen molar-refractivity contribution in [2.75, 3.05) is 36.9 Å². The van der Waals surface area contributed by atoms with Crippen LogP contribution < -0.4 is 15.5 Å². The number of nitrogens with one attached hydrogen (secondary N) is 3. The Hall–Kier alpha value is -3.10. The average molecular weight is 387 g/mol. The number of carboxylic acids is 1. The minimum Gasteiger partial charge on any atom is -0.481 e. The van der Waals surface area contributed by atoms with Gasteiger partial charge in [-0.25, -0.2) is 4.79 Å². The van der Waals surface area contributed by atoms with Crippen molar-refractivity contribution in [2.24, 2.45) is 5.92 Å². The van der Waals surface area contributed by atoms with E-state index in [2.05, 4.69) is 15.5 Å². The third-order valence-corrected chi connectivity index (χ3v) is 5.29. The fraction of sp³-hybridized carbons (Fsp3) is 0.474. The number of imide groups is 1. The standard InChI is InChI=1S/C19H25N5O4/c1-21-15-11-13(23-7-4-12(5-8-23)10-17(26)27)2-3-14(15)18(20)24-9-6-16(25)22-19(24)28/h2-3,11-12,20-21H,4-10H2,1H3,(H,26,27)(H,22,25,28). The largest absolute Gasteiger partial charge is 0.481 e. The molecule has 3 amide bonds. The van der Waals surface area contributed by atoms with Gasteiger partial charge in [-0.3, -0.25) is 25.2 Å². The van der Waals surface area contributed by atoms with E-state index in [0.717, 1.165) is 37.3 Å². The quantitative estimate of drug-likeness (QED) is 0.450. The molecule has 2 aliphatic rings. The molecule has 2 heterocycles. The molecule has 28 heavy (non-hydrogen) atoms. The lowest BCUT2D eigenvalue weighted by molar-refractivity contribution is -0.138. The molecule has 0 spiro atoms. The van der Waals surface area contributed by atoms with Crippen molar-refractivity contribution in [3.05, 3.63) is 23.8 Å². The van der Waals surface area contributed by atoms with Gasteiger partial charge in [0.05, 0.1) is 0 Å². The summed E-state index contributed by atoms with van der Waals surface area (Å²) in [5.41, 5.74) is 2.30. The molecule has 9 heteroatoms. The number of benzene rings is 1. The highest BCUT2D eigenvalue weighted by atomic mass is 16.4. The number of amides is 3. The summed E-state index contributed by atoms with van der Waals surface area (Å²) in [4.78, 5) is 37.7. The van der Waals surface area contributed by atoms with Crippen LogP contribution in [0.2, 0.25) is 0 Å². The van der Waals surface area contributed by atoms with Gasteiger partial charge in [-0.15, -0.1) is 0 Å². The van der Waals surface area contributed by atoms with Gasteiger partial charge in [0.2, 0.25) is 5.91 Å². The van der Waals surface area contributed by atoms with Crippen LogP contribution in [0, 0.1) is 11.3 Å². The molecular weight excluding hydrogens is 362 g/mol. The first-order chi connectivity index (χ1) is 13.4. The van der Waals surface area contributed by atoms with E-state index in [1.807, 2.05) is 12.1 Å². The topological polar surface area (TPSA) is 126 Å². The first-order valence-electron chi connectivity index (χ1n) is 9.38. The minimum atomic E-state index is -0.748. The van der Waals surface area contributed by atoms with E-state index in [-0.39, 0.29) is 37.0 Å². The second-order valence-corrected chi connectivity index (χ2v) is 7.11. The number of aliphatic carboxylic acids is 1. The number of piperidine rings is 1. The maximum atomic E-state index is 12.0. The summed E-state index contributed by atoms with van der Waals surface area (Å²) in [6, 6.07) is 5.08. The number of rotatable bonds is 5. The summed E-state index contributed by atoms with van der Waals surface area (Å²) in [5, 5.41) is 22.7. The van der Waals surface area contributed by atoms with Gasteiger partial charge in [-0.05, 0) is 37.0 Å². The lowest BCUT2D eigenvalue weighted by Crippen LogP contribution is -2.52. The number of carbonyl (C=O) groups excluding carboxylic acids is 2. The zero-order chi connectivity index (χ0) is 20.3. The van der Waals surface area contributed by atoms with E-state index in [0.29, 0.717) is 5.56 Å². The van der Waals surface area contributed by atoms with Crippen LogP contribution in [0.25, 0.3) is 0 Å². The van der Waals surface area contributed by atoms with Crippen molar-refractivity contribution in [3.63, 3.8) is 0 Å². The van der Waals surface area contributed by atoms with Crippen LogP contribution >= 0.6 is 0 Å². The lowest BCUT2D eigenvalue weighted by atomic mass is 9.93. The Labute approximate surface area is 163 Å². The first kappa shape index (κ1) is 19.7. The molecule has 4 N–H and O–H groups in total. The van der Waals surface area contributed by atoms with Crippen molar-refractivity contribution < 1.29 is 19.5 Å². The molecule has 1 aromatic rings. The second kappa shape index (κ2) is 8.28. The van der Waals surface area contributed by atoms with Gasteiger partial charge in [-0.1, -0.05) is 0 Å². The van der Waals surface area contributed by atoms with E-state index in [1.54, 1.807) is 13.1 Å². The average Bonchev–Trinajstić information content (AvgIpc) is 2.67. The van der Waals surface area contributed by atoms with Crippen LogP contribution in [0.15, 0.2) is 18.2 Å². The minimum absolute atomic E-state index is 0.0427. The number of amidine groups is 1. The monoisotopic (exact) mass is 387 g/mol. The number of hydrogen-bond donors (Lipinski definition) is 4. The van der Waals surface area contributed by atoms with Crippen molar-refractivity contribution in [2.45, 2.75) is 25.7 Å². The van der Waals surface area contributed by atoms with Gasteiger partial charge < -0.3 is 15.3 Å². The van der Waals surface area contributed by atoms with Crippen LogP contribution in [-0.2, 0) is 9.59 Å². The first-order valence-corrected chi connectivity index (χ1v) is 9.38. The van der Waals surface area contributed by atoms with E-state index < -0.39 is 12.0 Å². The molecule has 0 aliphatic carbocycles. The van der Waals surface area contributed by atoms with Crippen LogP contribution in [0.5, 0.6) is 0 Å². The van der Waals surface area contributed by atoms with Gasteiger partial charge in [0.15, 0.2) is 0 Å². The predicted molar refractivity (Wildman–Crippen MR) is 105 cm³/mol. The van der Waals surface area contributed by atoms with Crippen LogP contribution in [0.1, 0.15) is 31.2 Å². The van der Waals surface area contributed by atoms with E-state index in [4.69, 9.17) is 10.5 Å². The fourth-order valence-corrected chi connectivity index (χ4v) is 3.71. The smallest absolute Gasteiger partial charge is 0.329 e. The Balaban J connectivity index is 1.72. The molecule has 0 unspecified atom stereocenters. The third-order valence-electron chi connectivity index (χ3n) is 5.29. The zero-order valence-corrected chi connectivity index (χ0v) is 15.8. The Morgan fingerprint density at radius 1 is 1.29 bits per heavy atom. The summed E-state index contributed by atoms with van der Waals surface area (Å²) in [7, 11) is 1.76. The Bertz CT molecular complexity index is 802. The molecule has 2 aliphatic heterocycles. The molecule has 9 nitrogen and oxygen atoms in total. The maximum absolute atomic E-state index is 12.0. The summed E-state index contributed by atoms with van der Waals surface area (Å²) < 4.78 is 0. The maximum Gasteiger partial charge on any atom is 0.329 e. The van der Waals surface area contributed by atoms with E-state index in [9.17, 15) is 14.4 Å². The lowest BCUT2D eigenvalue weighted by Gasteiger charge is -2.34. The molecule has 0 bridgehead atoms. The SMILES string of the molecule is CNc1cc(N2CCC(CC(=O)O)CC2)ccc1C(=N)N1CCC(=O)NC1=O. The Morgan fingerprint density at radius 2 is 2.00 bits per heavy atom. The summed E-state index contributed by atoms with van der Waals surface area (Å²) in [5.74, 6) is -0.821. The van der Waals surface area contributed by atoms with Crippen LogP contribution in [-0.4, -0.2) is 60.4 Å². The molecule has 2 fully saturated rings. The normalized spacial score (nSPS) is 18.0. The molecule has 0 aromatic heterocycles. The van der Waals surface area contributed by atoms with Crippen LogP contribution in [0.4, 0.5) is 16.2 Å². The van der Waals surface area contributed by atoms with Crippen LogP contribution in [0.3, 0.4) is 0 Å². The number of anilines is 2. The summed E-state index contributed by atoms with van der Waals surface area (Å²) in [6.07, 6.45) is 2.06. The predicted octanol–water partition coefficient (Wildman–Crippen LogP) is 1.69. The molecule has 3 rings (SSSR count). The Kier molecular flexibility index (Phi) is 5.81. The third kappa shape index (κ3) is 4.24. The number of carboxylic acid groups (broad SMARTS) is 1. The van der Waals surface area contributed by atoms with Gasteiger partial charge in [0.25, 0.3) is 0 Å². The summed E-state index contributed by atoms with van der Waals surface area (Å²) in [6.45, 7) is 1.76. The molecule has 0 radical (unpaired) electrons. The molecular formula is C19H25N5O4. The Morgan fingerprint density at radius 3 is 2.61 bits per heavy atom. The van der Waals surface area contributed by atoms with Crippen molar-refractivity contribution >= 4 is 35.1 Å². The molecule has 0 atom stereocenters. The number of urea groups is 1. The van der Waals surface area contributed by atoms with Crippen molar-refractivity contribution in [1.82, 2.24) is 10.2 Å². The molecule has 150 valence electrons. The fourth-order valence-electron chi connectivity index (χ4n) is 3.71. The van der Waals surface area contributed by atoms with E-state index in [1.165, 1.54) is 4.90 Å². The summed E-state index contributed by atoms with van der Waals surface area (Å²) >= 11 is 0. The van der Waals surface area contributed by atoms with E-state index >= 15 is 0 Å². The van der Waals surface area contributed by atoms with Gasteiger partial charge in [0.1, 0.15) is 5.84 Å². The zero-order valence-electron chi connectivity index (χ0n) is 15.8. The highest BCUT2D eigenvalue weighted by Crippen LogP contribution is 2.29. The molecule has 0 saturated carbocycles. The number of hydrogen-bond acceptors (Lipinski definition) is 6. The van der Waals surface area contributed by atoms with Gasteiger partial charge >= 0.3 is 12.0 Å². The number of carbonyl (C=O) groups is 3. The molecule has 1 aromatic carbocycles. The highest BCUT2D eigenvalue weighted by molar-refractivity contribution is 6.12. The van der Waals surface area contributed by atoms with Gasteiger partial charge in [0, 0.05) is 56.5 Å². The van der Waals surface area contributed by atoms with Crippen molar-refractivity contribution in [1.29, 1.82) is 5.41 Å². The number of nitrogens with zero attached hydrogens (tertiary/aromatic N) is 2. The van der Waals surface area contributed by atoms with Crippen molar-refractivity contribution in [3.8, 4) is 0 Å². The molecule has 2 saturated heterocycles. The van der Waals surface area contributed by atoms with Gasteiger partial charge in [-0.2, -0.15) is 0 Å². The highest BCUT2D eigenvalue weighted by Gasteiger charge is 2.28. The second-order valence-electron chi connectivity index (χ2n) is 7.11.